The van der Waals surface area contributed by atoms with Crippen molar-refractivity contribution in [2.75, 3.05) is 7.11 Å². The molecular formula is C9H13BrN2O. The van der Waals surface area contributed by atoms with E-state index < -0.39 is 0 Å². The standard InChI is InChI=1S/C9H13BrN2O/c1-7(10)3-4-8-9(13-2)12-6-5-11-8/h5-7H,3-4H2,1-2H3. The molecule has 1 heterocycles. The number of nitrogens with zero attached hydrogens (tertiary/aromatic N) is 2. The zero-order chi connectivity index (χ0) is 9.68. The average molecular weight is 245 g/mol. The van der Waals surface area contributed by atoms with E-state index in [1.165, 1.54) is 0 Å². The third-order valence-corrected chi connectivity index (χ3v) is 2.17. The van der Waals surface area contributed by atoms with Gasteiger partial charge in [-0.05, 0) is 12.8 Å². The molecule has 0 aliphatic carbocycles. The Bertz CT molecular complexity index is 266. The van der Waals surface area contributed by atoms with Gasteiger partial charge in [0.15, 0.2) is 0 Å². The highest BCUT2D eigenvalue weighted by Crippen LogP contribution is 2.15. The maximum absolute atomic E-state index is 5.09. The molecule has 3 nitrogen and oxygen atoms in total. The summed E-state index contributed by atoms with van der Waals surface area (Å²) in [6, 6.07) is 0. The second kappa shape index (κ2) is 5.17. The van der Waals surface area contributed by atoms with Gasteiger partial charge >= 0.3 is 0 Å². The van der Waals surface area contributed by atoms with E-state index in [1.807, 2.05) is 0 Å². The van der Waals surface area contributed by atoms with Gasteiger partial charge in [0, 0.05) is 17.2 Å². The van der Waals surface area contributed by atoms with E-state index in [1.54, 1.807) is 19.5 Å². The molecular weight excluding hydrogens is 232 g/mol. The molecule has 0 radical (unpaired) electrons. The lowest BCUT2D eigenvalue weighted by atomic mass is 10.2. The van der Waals surface area contributed by atoms with Gasteiger partial charge < -0.3 is 4.74 Å². The first-order chi connectivity index (χ1) is 6.24. The molecule has 0 fully saturated rings. The maximum atomic E-state index is 5.09. The highest BCUT2D eigenvalue weighted by atomic mass is 79.9. The predicted molar refractivity (Wildman–Crippen MR) is 55.3 cm³/mol. The number of ether oxygens (including phenoxy) is 1. The molecule has 1 unspecified atom stereocenters. The average Bonchev–Trinajstić information content (AvgIpc) is 2.15. The van der Waals surface area contributed by atoms with Crippen LogP contribution >= 0.6 is 15.9 Å². The monoisotopic (exact) mass is 244 g/mol. The molecule has 1 aromatic heterocycles. The fourth-order valence-electron chi connectivity index (χ4n) is 1.03. The number of aromatic nitrogens is 2. The molecule has 13 heavy (non-hydrogen) atoms. The Morgan fingerprint density at radius 3 is 2.77 bits per heavy atom. The van der Waals surface area contributed by atoms with Crippen LogP contribution in [0.4, 0.5) is 0 Å². The van der Waals surface area contributed by atoms with Crippen LogP contribution < -0.4 is 4.74 Å². The number of hydrogen-bond acceptors (Lipinski definition) is 3. The fourth-order valence-corrected chi connectivity index (χ4v) is 1.26. The molecule has 0 saturated heterocycles. The third-order valence-electron chi connectivity index (χ3n) is 1.71. The van der Waals surface area contributed by atoms with Gasteiger partial charge in [0.2, 0.25) is 5.88 Å². The quantitative estimate of drug-likeness (QED) is 0.763. The van der Waals surface area contributed by atoms with Crippen molar-refractivity contribution >= 4 is 15.9 Å². The zero-order valence-corrected chi connectivity index (χ0v) is 9.41. The van der Waals surface area contributed by atoms with Crippen LogP contribution in [0.15, 0.2) is 12.4 Å². The van der Waals surface area contributed by atoms with E-state index in [4.69, 9.17) is 4.74 Å². The largest absolute Gasteiger partial charge is 0.480 e. The minimum Gasteiger partial charge on any atom is -0.480 e. The Hall–Kier alpha value is -0.640. The number of rotatable bonds is 4. The summed E-state index contributed by atoms with van der Waals surface area (Å²) in [5.41, 5.74) is 0.927. The summed E-state index contributed by atoms with van der Waals surface area (Å²) < 4.78 is 5.09. The Kier molecular flexibility index (Phi) is 4.15. The molecule has 0 aliphatic rings. The first-order valence-corrected chi connectivity index (χ1v) is 5.13. The van der Waals surface area contributed by atoms with Gasteiger partial charge in [0.1, 0.15) is 5.69 Å². The Morgan fingerprint density at radius 1 is 1.46 bits per heavy atom. The molecule has 0 bridgehead atoms. The molecule has 0 spiro atoms. The summed E-state index contributed by atoms with van der Waals surface area (Å²) in [6.45, 7) is 2.11. The van der Waals surface area contributed by atoms with Crippen molar-refractivity contribution in [3.63, 3.8) is 0 Å². The van der Waals surface area contributed by atoms with Crippen molar-refractivity contribution in [2.24, 2.45) is 0 Å². The third kappa shape index (κ3) is 3.30. The topological polar surface area (TPSA) is 35.0 Å². The van der Waals surface area contributed by atoms with Crippen LogP contribution in [0.3, 0.4) is 0 Å². The van der Waals surface area contributed by atoms with Gasteiger partial charge in [-0.25, -0.2) is 4.98 Å². The number of hydrogen-bond donors (Lipinski definition) is 0. The molecule has 0 aliphatic heterocycles. The minimum atomic E-state index is 0.499. The smallest absolute Gasteiger partial charge is 0.235 e. The summed E-state index contributed by atoms with van der Waals surface area (Å²) in [5, 5.41) is 0. The van der Waals surface area contributed by atoms with Crippen LogP contribution in [0.5, 0.6) is 5.88 Å². The van der Waals surface area contributed by atoms with Gasteiger partial charge in [0.05, 0.1) is 7.11 Å². The highest BCUT2D eigenvalue weighted by molar-refractivity contribution is 9.09. The summed E-state index contributed by atoms with van der Waals surface area (Å²) in [4.78, 5) is 8.79. The number of methoxy groups -OCH3 is 1. The molecule has 1 aromatic rings. The molecule has 0 aromatic carbocycles. The number of alkyl halides is 1. The lowest BCUT2D eigenvalue weighted by molar-refractivity contribution is 0.388. The van der Waals surface area contributed by atoms with Crippen molar-refractivity contribution in [3.05, 3.63) is 18.1 Å². The normalized spacial score (nSPS) is 12.5. The van der Waals surface area contributed by atoms with Crippen molar-refractivity contribution in [2.45, 2.75) is 24.6 Å². The first-order valence-electron chi connectivity index (χ1n) is 4.22. The van der Waals surface area contributed by atoms with E-state index in [0.29, 0.717) is 10.7 Å². The molecule has 72 valence electrons. The predicted octanol–water partition coefficient (Wildman–Crippen LogP) is 2.20. The van der Waals surface area contributed by atoms with Crippen LogP contribution in [0, 0.1) is 0 Å². The van der Waals surface area contributed by atoms with Crippen LogP contribution in [-0.2, 0) is 6.42 Å². The fraction of sp³-hybridized carbons (Fsp3) is 0.556. The maximum Gasteiger partial charge on any atom is 0.235 e. The Morgan fingerprint density at radius 2 is 2.15 bits per heavy atom. The summed E-state index contributed by atoms with van der Waals surface area (Å²) in [5.74, 6) is 0.635. The lowest BCUT2D eigenvalue weighted by Gasteiger charge is -2.06. The van der Waals surface area contributed by atoms with Gasteiger partial charge in [-0.3, -0.25) is 4.98 Å². The van der Waals surface area contributed by atoms with Crippen molar-refractivity contribution in [3.8, 4) is 5.88 Å². The summed E-state index contributed by atoms with van der Waals surface area (Å²) >= 11 is 3.49. The van der Waals surface area contributed by atoms with Crippen LogP contribution in [-0.4, -0.2) is 21.9 Å². The molecule has 0 N–H and O–H groups in total. The second-order valence-electron chi connectivity index (χ2n) is 2.83. The van der Waals surface area contributed by atoms with Gasteiger partial charge in [-0.15, -0.1) is 0 Å². The lowest BCUT2D eigenvalue weighted by Crippen LogP contribution is -2.01. The van der Waals surface area contributed by atoms with E-state index in [-0.39, 0.29) is 0 Å². The van der Waals surface area contributed by atoms with E-state index >= 15 is 0 Å². The van der Waals surface area contributed by atoms with Crippen molar-refractivity contribution in [1.82, 2.24) is 9.97 Å². The van der Waals surface area contributed by atoms with E-state index in [0.717, 1.165) is 18.5 Å². The summed E-state index contributed by atoms with van der Waals surface area (Å²) in [6.07, 6.45) is 5.26. The Balaban J connectivity index is 2.64. The number of halogens is 1. The van der Waals surface area contributed by atoms with Crippen LogP contribution in [0.25, 0.3) is 0 Å². The van der Waals surface area contributed by atoms with Gasteiger partial charge in [-0.1, -0.05) is 22.9 Å². The molecule has 0 amide bonds. The van der Waals surface area contributed by atoms with Gasteiger partial charge in [-0.2, -0.15) is 0 Å². The molecule has 1 rings (SSSR count). The van der Waals surface area contributed by atoms with Gasteiger partial charge in [0.25, 0.3) is 0 Å². The molecule has 4 heteroatoms. The molecule has 0 saturated carbocycles. The van der Waals surface area contributed by atoms with Crippen molar-refractivity contribution < 1.29 is 4.74 Å². The van der Waals surface area contributed by atoms with E-state index in [2.05, 4.69) is 32.8 Å². The zero-order valence-electron chi connectivity index (χ0n) is 7.83. The Labute approximate surface area is 86.7 Å². The van der Waals surface area contributed by atoms with E-state index in [9.17, 15) is 0 Å². The molecule has 1 atom stereocenters. The SMILES string of the molecule is COc1nccnc1CCC(C)Br. The van der Waals surface area contributed by atoms with Crippen molar-refractivity contribution in [1.29, 1.82) is 0 Å². The second-order valence-corrected chi connectivity index (χ2v) is 4.39. The highest BCUT2D eigenvalue weighted by Gasteiger charge is 2.05. The number of aryl methyl sites for hydroxylation is 1. The summed E-state index contributed by atoms with van der Waals surface area (Å²) in [7, 11) is 1.62. The van der Waals surface area contributed by atoms with Crippen LogP contribution in [0.1, 0.15) is 19.0 Å². The van der Waals surface area contributed by atoms with Crippen LogP contribution in [0.2, 0.25) is 0 Å². The first kappa shape index (κ1) is 10.4. The minimum absolute atomic E-state index is 0.499.